The first kappa shape index (κ1) is 18.2. The van der Waals surface area contributed by atoms with Gasteiger partial charge in [0.05, 0.1) is 0 Å². The summed E-state index contributed by atoms with van der Waals surface area (Å²) in [5, 5.41) is 4.76. The maximum Gasteiger partial charge on any atom is 0.253 e. The molecule has 1 aliphatic heterocycles. The fourth-order valence-corrected chi connectivity index (χ4v) is 3.57. The molecular weight excluding hydrogens is 357 g/mol. The lowest BCUT2D eigenvalue weighted by Crippen LogP contribution is -2.41. The largest absolute Gasteiger partial charge is 0.339 e. The van der Waals surface area contributed by atoms with Gasteiger partial charge in [-0.1, -0.05) is 0 Å². The average molecular weight is 375 g/mol. The number of amides is 2. The van der Waals surface area contributed by atoms with Gasteiger partial charge in [-0.15, -0.1) is 11.3 Å². The molecule has 8 heteroatoms. The monoisotopic (exact) mass is 375 g/mol. The predicted molar refractivity (Wildman–Crippen MR) is 95.8 cm³/mol. The molecule has 1 fully saturated rings. The first-order chi connectivity index (χ1) is 12.4. The lowest BCUT2D eigenvalue weighted by atomic mass is 9.95. The average Bonchev–Trinajstić information content (AvgIpc) is 3.11. The molecule has 26 heavy (non-hydrogen) atoms. The van der Waals surface area contributed by atoms with Gasteiger partial charge in [0, 0.05) is 36.9 Å². The van der Waals surface area contributed by atoms with Crippen LogP contribution < -0.4 is 5.32 Å². The number of piperidine rings is 1. The van der Waals surface area contributed by atoms with Gasteiger partial charge in [0.2, 0.25) is 5.91 Å². The van der Waals surface area contributed by atoms with Gasteiger partial charge in [-0.3, -0.25) is 14.4 Å². The van der Waals surface area contributed by atoms with E-state index in [1.54, 1.807) is 10.3 Å². The molecule has 1 saturated heterocycles. The number of likely N-dealkylation sites (tertiary alicyclic amines) is 1. The van der Waals surface area contributed by atoms with E-state index in [4.69, 9.17) is 0 Å². The highest BCUT2D eigenvalue weighted by Crippen LogP contribution is 2.22. The number of ketones is 1. The minimum atomic E-state index is -0.382. The Balaban J connectivity index is 1.54. The van der Waals surface area contributed by atoms with E-state index in [0.717, 1.165) is 0 Å². The molecule has 0 spiro atoms. The molecule has 0 unspecified atom stereocenters. The van der Waals surface area contributed by atoms with Crippen LogP contribution in [0.5, 0.6) is 0 Å². The number of rotatable bonds is 4. The number of Topliss-reactive ketones (excluding diaryl/α,β-unsaturated/α-hetero) is 1. The van der Waals surface area contributed by atoms with E-state index in [1.165, 1.54) is 42.5 Å². The number of hydrogen-bond acceptors (Lipinski definition) is 5. The van der Waals surface area contributed by atoms with Gasteiger partial charge in [0.15, 0.2) is 10.9 Å². The highest BCUT2D eigenvalue weighted by molar-refractivity contribution is 7.14. The van der Waals surface area contributed by atoms with Crippen LogP contribution >= 0.6 is 11.3 Å². The molecule has 2 aromatic rings. The number of aromatic nitrogens is 1. The van der Waals surface area contributed by atoms with Crippen LogP contribution in [0.4, 0.5) is 9.52 Å². The Bertz CT molecular complexity index is 826. The van der Waals surface area contributed by atoms with Crippen molar-refractivity contribution < 1.29 is 18.8 Å². The Morgan fingerprint density at radius 1 is 1.19 bits per heavy atom. The van der Waals surface area contributed by atoms with Gasteiger partial charge in [-0.2, -0.15) is 0 Å². The first-order valence-electron chi connectivity index (χ1n) is 8.26. The molecular formula is C18H18FN3O3S. The highest BCUT2D eigenvalue weighted by atomic mass is 32.1. The number of nitrogens with zero attached hydrogens (tertiary/aromatic N) is 2. The van der Waals surface area contributed by atoms with Crippen molar-refractivity contribution in [2.75, 3.05) is 18.4 Å². The third-order valence-corrected chi connectivity index (χ3v) is 5.10. The third kappa shape index (κ3) is 4.13. The molecule has 1 aromatic carbocycles. The lowest BCUT2D eigenvalue weighted by molar-refractivity contribution is -0.121. The van der Waals surface area contributed by atoms with Gasteiger partial charge < -0.3 is 10.2 Å². The van der Waals surface area contributed by atoms with Gasteiger partial charge >= 0.3 is 0 Å². The van der Waals surface area contributed by atoms with E-state index < -0.39 is 0 Å². The number of carbonyl (C=O) groups is 3. The number of anilines is 1. The summed E-state index contributed by atoms with van der Waals surface area (Å²) in [5.74, 6) is -1.04. The molecule has 1 N–H and O–H groups in total. The van der Waals surface area contributed by atoms with Gasteiger partial charge in [-0.25, -0.2) is 9.37 Å². The predicted octanol–water partition coefficient (Wildman–Crippen LogP) is 2.98. The minimum absolute atomic E-state index is 0.144. The van der Waals surface area contributed by atoms with Crippen molar-refractivity contribution in [2.24, 2.45) is 5.92 Å². The summed E-state index contributed by atoms with van der Waals surface area (Å²) in [4.78, 5) is 41.8. The number of benzene rings is 1. The molecule has 136 valence electrons. The molecule has 3 rings (SSSR count). The van der Waals surface area contributed by atoms with Gasteiger partial charge in [-0.05, 0) is 37.1 Å². The SMILES string of the molecule is CC(=O)c1csc(NC(=O)C2CCN(C(=O)c3ccc(F)cc3)CC2)n1. The van der Waals surface area contributed by atoms with Crippen molar-refractivity contribution in [3.05, 3.63) is 46.7 Å². The number of thiazole rings is 1. The topological polar surface area (TPSA) is 79.4 Å². The summed E-state index contributed by atoms with van der Waals surface area (Å²) in [6.45, 7) is 2.35. The Morgan fingerprint density at radius 2 is 1.85 bits per heavy atom. The normalized spacial score (nSPS) is 14.9. The zero-order valence-electron chi connectivity index (χ0n) is 14.2. The molecule has 0 aliphatic carbocycles. The molecule has 1 aromatic heterocycles. The van der Waals surface area contributed by atoms with Crippen LogP contribution in [0.3, 0.4) is 0 Å². The van der Waals surface area contributed by atoms with Crippen LogP contribution in [-0.2, 0) is 4.79 Å². The molecule has 0 saturated carbocycles. The van der Waals surface area contributed by atoms with Crippen LogP contribution in [0.25, 0.3) is 0 Å². The Hall–Kier alpha value is -2.61. The second kappa shape index (κ2) is 7.74. The Labute approximate surface area is 154 Å². The summed E-state index contributed by atoms with van der Waals surface area (Å²) in [6.07, 6.45) is 1.09. The van der Waals surface area contributed by atoms with E-state index in [2.05, 4.69) is 10.3 Å². The number of nitrogens with one attached hydrogen (secondary N) is 1. The van der Waals surface area contributed by atoms with Crippen LogP contribution in [-0.4, -0.2) is 40.6 Å². The molecule has 0 atom stereocenters. The van der Waals surface area contributed by atoms with E-state index in [-0.39, 0.29) is 29.3 Å². The van der Waals surface area contributed by atoms with E-state index in [1.807, 2.05) is 0 Å². The molecule has 0 bridgehead atoms. The summed E-state index contributed by atoms with van der Waals surface area (Å²) < 4.78 is 13.0. The quantitative estimate of drug-likeness (QED) is 0.833. The fourth-order valence-electron chi connectivity index (χ4n) is 2.82. The molecule has 2 heterocycles. The summed E-state index contributed by atoms with van der Waals surface area (Å²) in [6, 6.07) is 5.45. The van der Waals surface area contributed by atoms with Crippen molar-refractivity contribution in [1.29, 1.82) is 0 Å². The lowest BCUT2D eigenvalue weighted by Gasteiger charge is -2.31. The van der Waals surface area contributed by atoms with Crippen molar-refractivity contribution in [1.82, 2.24) is 9.88 Å². The molecule has 2 amide bonds. The highest BCUT2D eigenvalue weighted by Gasteiger charge is 2.28. The minimum Gasteiger partial charge on any atom is -0.339 e. The van der Waals surface area contributed by atoms with Crippen LogP contribution in [0, 0.1) is 11.7 Å². The fraction of sp³-hybridized carbons (Fsp3) is 0.333. The van der Waals surface area contributed by atoms with Crippen molar-refractivity contribution >= 4 is 34.1 Å². The number of carbonyl (C=O) groups excluding carboxylic acids is 3. The third-order valence-electron chi connectivity index (χ3n) is 4.34. The smallest absolute Gasteiger partial charge is 0.253 e. The van der Waals surface area contributed by atoms with Crippen molar-refractivity contribution in [3.63, 3.8) is 0 Å². The van der Waals surface area contributed by atoms with Crippen LogP contribution in [0.15, 0.2) is 29.6 Å². The Morgan fingerprint density at radius 3 is 2.42 bits per heavy atom. The maximum absolute atomic E-state index is 13.0. The zero-order chi connectivity index (χ0) is 18.7. The summed E-state index contributed by atoms with van der Waals surface area (Å²) in [7, 11) is 0. The second-order valence-corrected chi connectivity index (χ2v) is 7.01. The van der Waals surface area contributed by atoms with Crippen LogP contribution in [0.1, 0.15) is 40.6 Å². The molecule has 0 radical (unpaired) electrons. The Kier molecular flexibility index (Phi) is 5.41. The van der Waals surface area contributed by atoms with E-state index in [9.17, 15) is 18.8 Å². The molecule has 6 nitrogen and oxygen atoms in total. The zero-order valence-corrected chi connectivity index (χ0v) is 15.0. The summed E-state index contributed by atoms with van der Waals surface area (Å²) >= 11 is 1.22. The first-order valence-corrected chi connectivity index (χ1v) is 9.14. The molecule has 1 aliphatic rings. The van der Waals surface area contributed by atoms with E-state index >= 15 is 0 Å². The summed E-state index contributed by atoms with van der Waals surface area (Å²) in [5.41, 5.74) is 0.777. The van der Waals surface area contributed by atoms with E-state index in [0.29, 0.717) is 42.3 Å². The maximum atomic E-state index is 13.0. The van der Waals surface area contributed by atoms with Crippen LogP contribution in [0.2, 0.25) is 0 Å². The number of halogens is 1. The van der Waals surface area contributed by atoms with Crippen molar-refractivity contribution in [3.8, 4) is 0 Å². The van der Waals surface area contributed by atoms with Gasteiger partial charge in [0.1, 0.15) is 11.5 Å². The van der Waals surface area contributed by atoms with Gasteiger partial charge in [0.25, 0.3) is 5.91 Å². The standard InChI is InChI=1S/C18H18FN3O3S/c1-11(23)15-10-26-18(20-15)21-16(24)12-6-8-22(9-7-12)17(25)13-2-4-14(19)5-3-13/h2-5,10,12H,6-9H2,1H3,(H,20,21,24). The second-order valence-electron chi connectivity index (χ2n) is 6.16. The van der Waals surface area contributed by atoms with Crippen molar-refractivity contribution in [2.45, 2.75) is 19.8 Å². The number of hydrogen-bond donors (Lipinski definition) is 1.